The van der Waals surface area contributed by atoms with E-state index in [1.165, 1.54) is 6.07 Å². The maximum absolute atomic E-state index is 13.3. The number of amidine groups is 1. The van der Waals surface area contributed by atoms with Crippen molar-refractivity contribution in [2.45, 2.75) is 0 Å². The molecule has 4 rings (SSSR count). The maximum atomic E-state index is 13.3. The summed E-state index contributed by atoms with van der Waals surface area (Å²) in [5, 5.41) is 21.7. The van der Waals surface area contributed by atoms with E-state index in [4.69, 9.17) is 15.9 Å². The van der Waals surface area contributed by atoms with Crippen molar-refractivity contribution in [1.29, 1.82) is 5.41 Å². The molecule has 0 spiro atoms. The van der Waals surface area contributed by atoms with E-state index in [0.717, 1.165) is 10.8 Å². The van der Waals surface area contributed by atoms with Gasteiger partial charge in [0.1, 0.15) is 11.6 Å². The predicted octanol–water partition coefficient (Wildman–Crippen LogP) is 4.75. The Morgan fingerprint density at radius 2 is 1.61 bits per heavy atom. The fourth-order valence-corrected chi connectivity index (χ4v) is 3.65. The summed E-state index contributed by atoms with van der Waals surface area (Å²) >= 11 is 0. The number of methoxy groups -OCH3 is 1. The molecular formula is C26H21N3O4. The minimum Gasteiger partial charge on any atom is -0.497 e. The van der Waals surface area contributed by atoms with Crippen molar-refractivity contribution in [1.82, 2.24) is 0 Å². The molecule has 0 radical (unpaired) electrons. The van der Waals surface area contributed by atoms with Gasteiger partial charge in [-0.3, -0.25) is 10.2 Å². The topological polar surface area (TPSA) is 125 Å². The van der Waals surface area contributed by atoms with Crippen LogP contribution in [0.5, 0.6) is 5.75 Å². The van der Waals surface area contributed by atoms with Crippen molar-refractivity contribution in [2.24, 2.45) is 5.73 Å². The van der Waals surface area contributed by atoms with Crippen molar-refractivity contribution < 1.29 is 19.4 Å². The molecule has 7 nitrogen and oxygen atoms in total. The summed E-state index contributed by atoms with van der Waals surface area (Å²) in [6.45, 7) is 0. The Labute approximate surface area is 189 Å². The van der Waals surface area contributed by atoms with Gasteiger partial charge in [0.25, 0.3) is 5.91 Å². The molecule has 0 aromatic heterocycles. The highest BCUT2D eigenvalue weighted by Gasteiger charge is 2.19. The fraction of sp³-hybridized carbons (Fsp3) is 0.0385. The van der Waals surface area contributed by atoms with E-state index >= 15 is 0 Å². The van der Waals surface area contributed by atoms with Crippen LogP contribution in [0.2, 0.25) is 0 Å². The first kappa shape index (κ1) is 21.6. The van der Waals surface area contributed by atoms with Crippen LogP contribution in [0.3, 0.4) is 0 Å². The van der Waals surface area contributed by atoms with Gasteiger partial charge < -0.3 is 20.9 Å². The Bertz CT molecular complexity index is 1390. The Hall–Kier alpha value is -4.65. The summed E-state index contributed by atoms with van der Waals surface area (Å²) in [5.41, 5.74) is 7.93. The van der Waals surface area contributed by atoms with Crippen molar-refractivity contribution in [2.75, 3.05) is 12.4 Å². The van der Waals surface area contributed by atoms with Crippen LogP contribution in [0.4, 0.5) is 5.69 Å². The molecule has 33 heavy (non-hydrogen) atoms. The van der Waals surface area contributed by atoms with E-state index in [1.54, 1.807) is 55.6 Å². The molecule has 0 fully saturated rings. The Balaban J connectivity index is 1.85. The molecule has 7 heteroatoms. The molecule has 0 saturated carbocycles. The molecule has 0 unspecified atom stereocenters. The van der Waals surface area contributed by atoms with Crippen LogP contribution in [0, 0.1) is 5.41 Å². The number of rotatable bonds is 6. The number of fused-ring (bicyclic) bond motifs is 1. The average molecular weight is 439 g/mol. The zero-order valence-corrected chi connectivity index (χ0v) is 17.8. The van der Waals surface area contributed by atoms with E-state index in [2.05, 4.69) is 5.32 Å². The lowest BCUT2D eigenvalue weighted by atomic mass is 9.92. The van der Waals surface area contributed by atoms with Gasteiger partial charge in [-0.2, -0.15) is 0 Å². The molecule has 0 aliphatic heterocycles. The lowest BCUT2D eigenvalue weighted by Gasteiger charge is -2.15. The highest BCUT2D eigenvalue weighted by atomic mass is 16.5. The van der Waals surface area contributed by atoms with Crippen molar-refractivity contribution in [3.63, 3.8) is 0 Å². The van der Waals surface area contributed by atoms with Crippen LogP contribution in [-0.4, -0.2) is 29.9 Å². The van der Waals surface area contributed by atoms with Gasteiger partial charge in [0.2, 0.25) is 0 Å². The van der Waals surface area contributed by atoms with Gasteiger partial charge in [0.15, 0.2) is 0 Å². The normalized spacial score (nSPS) is 10.6. The highest BCUT2D eigenvalue weighted by molar-refractivity contribution is 6.13. The zero-order chi connectivity index (χ0) is 23.5. The Morgan fingerprint density at radius 3 is 2.27 bits per heavy atom. The largest absolute Gasteiger partial charge is 0.497 e. The van der Waals surface area contributed by atoms with Gasteiger partial charge in [0, 0.05) is 16.8 Å². The quantitative estimate of drug-likeness (QED) is 0.255. The van der Waals surface area contributed by atoms with Crippen LogP contribution in [0.1, 0.15) is 26.3 Å². The monoisotopic (exact) mass is 439 g/mol. The number of aromatic carboxylic acids is 1. The van der Waals surface area contributed by atoms with E-state index in [-0.39, 0.29) is 11.4 Å². The molecule has 5 N–H and O–H groups in total. The standard InChI is InChI=1S/C26H21N3O4/c1-33-19-11-8-16-13-22(20-4-2-3-5-21(20)26(31)32)23(14-17(16)12-19)25(30)29-18-9-6-15(7-10-18)24(27)28/h2-14H,1H3,(H3,27,28)(H,29,30)(H,31,32). The third-order valence-corrected chi connectivity index (χ3v) is 5.33. The molecule has 4 aromatic rings. The van der Waals surface area contributed by atoms with Gasteiger partial charge >= 0.3 is 5.97 Å². The number of carboxylic acid groups (broad SMARTS) is 1. The minimum absolute atomic E-state index is 0.0658. The number of ether oxygens (including phenoxy) is 1. The van der Waals surface area contributed by atoms with E-state index in [1.807, 2.05) is 24.3 Å². The number of amides is 1. The maximum Gasteiger partial charge on any atom is 0.336 e. The van der Waals surface area contributed by atoms with Crippen LogP contribution >= 0.6 is 0 Å². The number of carbonyl (C=O) groups excluding carboxylic acids is 1. The number of carbonyl (C=O) groups is 2. The predicted molar refractivity (Wildman–Crippen MR) is 128 cm³/mol. The van der Waals surface area contributed by atoms with E-state index < -0.39 is 11.9 Å². The van der Waals surface area contributed by atoms with Gasteiger partial charge in [-0.1, -0.05) is 24.3 Å². The lowest BCUT2D eigenvalue weighted by Crippen LogP contribution is -2.15. The summed E-state index contributed by atoms with van der Waals surface area (Å²) < 4.78 is 5.31. The van der Waals surface area contributed by atoms with Gasteiger partial charge in [-0.15, -0.1) is 0 Å². The number of carboxylic acids is 1. The van der Waals surface area contributed by atoms with Crippen molar-refractivity contribution in [3.8, 4) is 16.9 Å². The highest BCUT2D eigenvalue weighted by Crippen LogP contribution is 2.33. The van der Waals surface area contributed by atoms with E-state index in [9.17, 15) is 14.7 Å². The zero-order valence-electron chi connectivity index (χ0n) is 17.8. The van der Waals surface area contributed by atoms with Crippen molar-refractivity contribution in [3.05, 3.63) is 95.6 Å². The summed E-state index contributed by atoms with van der Waals surface area (Å²) in [6.07, 6.45) is 0. The molecule has 0 bridgehead atoms. The number of benzene rings is 4. The number of nitrogen functional groups attached to an aromatic ring is 1. The SMILES string of the molecule is COc1ccc2cc(-c3ccccc3C(=O)O)c(C(=O)Nc3ccc(C(=N)N)cc3)cc2c1. The smallest absolute Gasteiger partial charge is 0.336 e. The molecule has 0 aliphatic rings. The minimum atomic E-state index is -1.08. The van der Waals surface area contributed by atoms with Crippen LogP contribution in [0.25, 0.3) is 21.9 Å². The molecule has 1 amide bonds. The first-order valence-corrected chi connectivity index (χ1v) is 10.1. The Kier molecular flexibility index (Phi) is 5.78. The number of hydrogen-bond donors (Lipinski definition) is 4. The number of nitrogens with two attached hydrogens (primary N) is 1. The summed E-state index contributed by atoms with van der Waals surface area (Å²) in [4.78, 5) is 25.2. The van der Waals surface area contributed by atoms with Gasteiger partial charge in [-0.05, 0) is 76.5 Å². The molecule has 0 heterocycles. The first-order valence-electron chi connectivity index (χ1n) is 10.1. The van der Waals surface area contributed by atoms with Gasteiger partial charge in [-0.25, -0.2) is 4.79 Å². The Morgan fingerprint density at radius 1 is 0.879 bits per heavy atom. The molecule has 4 aromatic carbocycles. The van der Waals surface area contributed by atoms with Crippen LogP contribution in [0.15, 0.2) is 78.9 Å². The summed E-state index contributed by atoms with van der Waals surface area (Å²) in [6, 6.07) is 22.2. The summed E-state index contributed by atoms with van der Waals surface area (Å²) in [7, 11) is 1.57. The lowest BCUT2D eigenvalue weighted by molar-refractivity contribution is 0.0697. The van der Waals surface area contributed by atoms with Crippen LogP contribution in [-0.2, 0) is 0 Å². The second-order valence-corrected chi connectivity index (χ2v) is 7.41. The second-order valence-electron chi connectivity index (χ2n) is 7.41. The molecular weight excluding hydrogens is 418 g/mol. The molecule has 0 saturated heterocycles. The van der Waals surface area contributed by atoms with Gasteiger partial charge in [0.05, 0.1) is 12.7 Å². The number of hydrogen-bond acceptors (Lipinski definition) is 4. The van der Waals surface area contributed by atoms with E-state index in [0.29, 0.717) is 33.7 Å². The second kappa shape index (κ2) is 8.84. The van der Waals surface area contributed by atoms with Crippen LogP contribution < -0.4 is 15.8 Å². The molecule has 0 atom stereocenters. The van der Waals surface area contributed by atoms with Crippen molar-refractivity contribution >= 4 is 34.2 Å². The summed E-state index contributed by atoms with van der Waals surface area (Å²) in [5.74, 6) is -0.895. The third-order valence-electron chi connectivity index (χ3n) is 5.33. The fourth-order valence-electron chi connectivity index (χ4n) is 3.65. The third kappa shape index (κ3) is 4.38. The number of nitrogens with one attached hydrogen (secondary N) is 2. The molecule has 164 valence electrons. The molecule has 0 aliphatic carbocycles. The first-order chi connectivity index (χ1) is 15.9. The average Bonchev–Trinajstić information content (AvgIpc) is 2.83. The number of anilines is 1.